The molecule has 0 saturated carbocycles. The van der Waals surface area contributed by atoms with E-state index in [2.05, 4.69) is 34.2 Å². The van der Waals surface area contributed by atoms with Crippen molar-refractivity contribution in [3.63, 3.8) is 0 Å². The summed E-state index contributed by atoms with van der Waals surface area (Å²) in [6, 6.07) is 15.8. The van der Waals surface area contributed by atoms with Gasteiger partial charge in [0.05, 0.1) is 12.5 Å². The second-order valence-corrected chi connectivity index (χ2v) is 7.74. The van der Waals surface area contributed by atoms with Gasteiger partial charge in [0.2, 0.25) is 17.6 Å². The summed E-state index contributed by atoms with van der Waals surface area (Å²) < 4.78 is 5.43. The number of piperidine rings is 1. The maximum atomic E-state index is 12.8. The first kappa shape index (κ1) is 19.3. The van der Waals surface area contributed by atoms with E-state index in [1.807, 2.05) is 48.5 Å². The number of rotatable bonds is 5. The molecule has 2 aromatic carbocycles. The highest BCUT2D eigenvalue weighted by Crippen LogP contribution is 2.22. The van der Waals surface area contributed by atoms with Crippen LogP contribution in [0.15, 0.2) is 53.1 Å². The molecule has 29 heavy (non-hydrogen) atoms. The average Bonchev–Trinajstić information content (AvgIpc) is 3.20. The van der Waals surface area contributed by atoms with Crippen molar-refractivity contribution in [2.24, 2.45) is 5.92 Å². The van der Waals surface area contributed by atoms with Crippen LogP contribution < -0.4 is 5.32 Å². The zero-order valence-corrected chi connectivity index (χ0v) is 16.9. The van der Waals surface area contributed by atoms with Crippen molar-refractivity contribution < 1.29 is 9.32 Å². The third-order valence-corrected chi connectivity index (χ3v) is 5.51. The van der Waals surface area contributed by atoms with Crippen molar-refractivity contribution in [1.82, 2.24) is 15.0 Å². The summed E-state index contributed by atoms with van der Waals surface area (Å²) in [5, 5.41) is 7.16. The van der Waals surface area contributed by atoms with Crippen molar-refractivity contribution in [2.45, 2.75) is 33.2 Å². The number of anilines is 1. The number of likely N-dealkylation sites (tertiary alicyclic amines) is 1. The molecule has 150 valence electrons. The van der Waals surface area contributed by atoms with Gasteiger partial charge in [-0.05, 0) is 56.5 Å². The number of hydrogen-bond donors (Lipinski definition) is 1. The Balaban J connectivity index is 1.36. The Morgan fingerprint density at radius 2 is 2.00 bits per heavy atom. The molecular weight excluding hydrogens is 364 g/mol. The molecule has 2 heterocycles. The molecule has 4 rings (SSSR count). The van der Waals surface area contributed by atoms with Crippen LogP contribution in [-0.4, -0.2) is 34.0 Å². The molecule has 1 aromatic heterocycles. The molecule has 0 aliphatic carbocycles. The summed E-state index contributed by atoms with van der Waals surface area (Å²) >= 11 is 0. The first-order valence-corrected chi connectivity index (χ1v) is 10.1. The van der Waals surface area contributed by atoms with Crippen molar-refractivity contribution in [1.29, 1.82) is 0 Å². The molecule has 1 aliphatic heterocycles. The SMILES string of the molecule is Cc1ccc(NC(=O)C2CCCN(Cc3nc(-c4ccccc4)no3)C2)cc1C. The van der Waals surface area contributed by atoms with Gasteiger partial charge in [0.1, 0.15) is 0 Å². The number of benzene rings is 2. The van der Waals surface area contributed by atoms with Crippen LogP contribution in [0.4, 0.5) is 5.69 Å². The lowest BCUT2D eigenvalue weighted by Gasteiger charge is -2.30. The van der Waals surface area contributed by atoms with Crippen LogP contribution in [0.2, 0.25) is 0 Å². The molecule has 1 saturated heterocycles. The quantitative estimate of drug-likeness (QED) is 0.707. The van der Waals surface area contributed by atoms with Gasteiger partial charge < -0.3 is 9.84 Å². The van der Waals surface area contributed by atoms with Gasteiger partial charge in [0.15, 0.2) is 0 Å². The minimum absolute atomic E-state index is 0.0399. The van der Waals surface area contributed by atoms with Gasteiger partial charge in [-0.2, -0.15) is 4.98 Å². The third kappa shape index (κ3) is 4.71. The molecule has 0 bridgehead atoms. The second-order valence-electron chi connectivity index (χ2n) is 7.74. The molecule has 1 amide bonds. The molecule has 1 N–H and O–H groups in total. The zero-order valence-electron chi connectivity index (χ0n) is 16.9. The smallest absolute Gasteiger partial charge is 0.241 e. The molecular formula is C23H26N4O2. The number of carbonyl (C=O) groups excluding carboxylic acids is 1. The van der Waals surface area contributed by atoms with Gasteiger partial charge in [0.25, 0.3) is 0 Å². The highest BCUT2D eigenvalue weighted by molar-refractivity contribution is 5.92. The maximum absolute atomic E-state index is 12.8. The Morgan fingerprint density at radius 1 is 1.17 bits per heavy atom. The topological polar surface area (TPSA) is 71.3 Å². The third-order valence-electron chi connectivity index (χ3n) is 5.51. The first-order chi connectivity index (χ1) is 14.1. The lowest BCUT2D eigenvalue weighted by molar-refractivity contribution is -0.121. The fourth-order valence-corrected chi connectivity index (χ4v) is 3.69. The van der Waals surface area contributed by atoms with E-state index in [1.54, 1.807) is 0 Å². The van der Waals surface area contributed by atoms with E-state index in [0.717, 1.165) is 30.6 Å². The number of nitrogens with zero attached hydrogens (tertiary/aromatic N) is 3. The number of nitrogens with one attached hydrogen (secondary N) is 1. The van der Waals surface area contributed by atoms with Crippen molar-refractivity contribution >= 4 is 11.6 Å². The van der Waals surface area contributed by atoms with Gasteiger partial charge in [-0.25, -0.2) is 0 Å². The predicted octanol–water partition coefficient (Wildman–Crippen LogP) is 4.20. The summed E-state index contributed by atoms with van der Waals surface area (Å²) in [6.07, 6.45) is 1.87. The van der Waals surface area contributed by atoms with Gasteiger partial charge in [-0.1, -0.05) is 41.6 Å². The van der Waals surface area contributed by atoms with Gasteiger partial charge in [-0.15, -0.1) is 0 Å². The van der Waals surface area contributed by atoms with E-state index in [4.69, 9.17) is 4.52 Å². The summed E-state index contributed by atoms with van der Waals surface area (Å²) in [6.45, 7) is 6.31. The highest BCUT2D eigenvalue weighted by atomic mass is 16.5. The Labute approximate surface area is 170 Å². The van der Waals surface area contributed by atoms with Gasteiger partial charge in [0, 0.05) is 17.8 Å². The fourth-order valence-electron chi connectivity index (χ4n) is 3.69. The predicted molar refractivity (Wildman–Crippen MR) is 112 cm³/mol. The molecule has 3 aromatic rings. The second kappa shape index (κ2) is 8.57. The fraction of sp³-hybridized carbons (Fsp3) is 0.348. The Hall–Kier alpha value is -2.99. The van der Waals surface area contributed by atoms with Gasteiger partial charge >= 0.3 is 0 Å². The minimum Gasteiger partial charge on any atom is -0.338 e. The summed E-state index contributed by atoms with van der Waals surface area (Å²) in [5.74, 6) is 1.22. The molecule has 1 atom stereocenters. The van der Waals surface area contributed by atoms with E-state index in [9.17, 15) is 4.79 Å². The molecule has 6 nitrogen and oxygen atoms in total. The maximum Gasteiger partial charge on any atom is 0.241 e. The standard InChI is InChI=1S/C23H26N4O2/c1-16-10-11-20(13-17(16)2)24-23(28)19-9-6-12-27(14-19)15-21-25-22(26-29-21)18-7-4-3-5-8-18/h3-5,7-8,10-11,13,19H,6,9,12,14-15H2,1-2H3,(H,24,28). The van der Waals surface area contributed by atoms with Crippen LogP contribution >= 0.6 is 0 Å². The molecule has 1 fully saturated rings. The Morgan fingerprint density at radius 3 is 2.79 bits per heavy atom. The van der Waals surface area contributed by atoms with Crippen LogP contribution in [0.3, 0.4) is 0 Å². The average molecular weight is 390 g/mol. The Bertz CT molecular complexity index is 984. The molecule has 6 heteroatoms. The molecule has 1 aliphatic rings. The molecule has 1 unspecified atom stereocenters. The lowest BCUT2D eigenvalue weighted by Crippen LogP contribution is -2.40. The number of aromatic nitrogens is 2. The van der Waals surface area contributed by atoms with E-state index in [1.165, 1.54) is 11.1 Å². The summed E-state index contributed by atoms with van der Waals surface area (Å²) in [7, 11) is 0. The highest BCUT2D eigenvalue weighted by Gasteiger charge is 2.27. The van der Waals surface area contributed by atoms with E-state index in [-0.39, 0.29) is 11.8 Å². The Kier molecular flexibility index (Phi) is 5.71. The summed E-state index contributed by atoms with van der Waals surface area (Å²) in [5.41, 5.74) is 4.20. The van der Waals surface area contributed by atoms with E-state index >= 15 is 0 Å². The molecule has 0 radical (unpaired) electrons. The largest absolute Gasteiger partial charge is 0.338 e. The molecule has 0 spiro atoms. The minimum atomic E-state index is -0.0399. The van der Waals surface area contributed by atoms with Crippen LogP contribution in [0.25, 0.3) is 11.4 Å². The van der Waals surface area contributed by atoms with Crippen molar-refractivity contribution in [2.75, 3.05) is 18.4 Å². The lowest BCUT2D eigenvalue weighted by atomic mass is 9.97. The van der Waals surface area contributed by atoms with E-state index < -0.39 is 0 Å². The van der Waals surface area contributed by atoms with Crippen LogP contribution in [0.1, 0.15) is 29.9 Å². The first-order valence-electron chi connectivity index (χ1n) is 10.1. The van der Waals surface area contributed by atoms with Crippen LogP contribution in [0, 0.1) is 19.8 Å². The number of hydrogen-bond acceptors (Lipinski definition) is 5. The number of aryl methyl sites for hydroxylation is 2. The zero-order chi connectivity index (χ0) is 20.2. The van der Waals surface area contributed by atoms with Gasteiger partial charge in [-0.3, -0.25) is 9.69 Å². The summed E-state index contributed by atoms with van der Waals surface area (Å²) in [4.78, 5) is 19.5. The van der Waals surface area contributed by atoms with Crippen LogP contribution in [0.5, 0.6) is 0 Å². The number of carbonyl (C=O) groups is 1. The monoisotopic (exact) mass is 390 g/mol. The van der Waals surface area contributed by atoms with Crippen molar-refractivity contribution in [3.05, 3.63) is 65.5 Å². The normalized spacial score (nSPS) is 17.2. The number of amides is 1. The van der Waals surface area contributed by atoms with Crippen molar-refractivity contribution in [3.8, 4) is 11.4 Å². The van der Waals surface area contributed by atoms with E-state index in [0.29, 0.717) is 24.8 Å². The van der Waals surface area contributed by atoms with Crippen LogP contribution in [-0.2, 0) is 11.3 Å².